The maximum absolute atomic E-state index is 12.5. The summed E-state index contributed by atoms with van der Waals surface area (Å²) in [6.07, 6.45) is -0.286. The van der Waals surface area contributed by atoms with Gasteiger partial charge >= 0.3 is 13.1 Å². The van der Waals surface area contributed by atoms with Crippen LogP contribution in [0.5, 0.6) is 0 Å². The van der Waals surface area contributed by atoms with Gasteiger partial charge in [-0.3, -0.25) is 5.32 Å². The van der Waals surface area contributed by atoms with Crippen molar-refractivity contribution in [2.45, 2.75) is 26.4 Å². The second kappa shape index (κ2) is 5.28. The Morgan fingerprint density at radius 3 is 2.47 bits per heavy atom. The molecule has 0 saturated heterocycles. The molecule has 0 aliphatic heterocycles. The molecule has 4 nitrogen and oxygen atoms in total. The normalized spacial score (nSPS) is 12.2. The second-order valence-electron chi connectivity index (χ2n) is 4.81. The monoisotopic (exact) mass is 295 g/mol. The van der Waals surface area contributed by atoms with Gasteiger partial charge in [0.25, 0.3) is 0 Å². The number of aromatic nitrogens is 1. The van der Waals surface area contributed by atoms with Crippen molar-refractivity contribution in [3.63, 3.8) is 0 Å². The number of carbonyl (C=O) groups excluding carboxylic acids is 1. The molecule has 1 N–H and O–H groups in total. The van der Waals surface area contributed by atoms with Crippen molar-refractivity contribution < 1.29 is 22.5 Å². The topological polar surface area (TPSA) is 51.2 Å². The number of nitrogens with one attached hydrogen (secondary N) is 1. The Balaban J connectivity index is 2.92. The first kappa shape index (κ1) is 15.6. The smallest absolute Gasteiger partial charge is 0.445 e. The first-order valence-electron chi connectivity index (χ1n) is 5.34. The van der Waals surface area contributed by atoms with Crippen LogP contribution in [0.3, 0.4) is 0 Å². The van der Waals surface area contributed by atoms with Crippen molar-refractivity contribution in [2.75, 3.05) is 5.32 Å². The van der Waals surface area contributed by atoms with E-state index in [9.17, 15) is 17.7 Å². The van der Waals surface area contributed by atoms with Crippen molar-refractivity contribution in [3.05, 3.63) is 17.4 Å². The van der Waals surface area contributed by atoms with E-state index in [2.05, 4.69) is 10.3 Å². The Labute approximate surface area is 113 Å². The fourth-order valence-corrected chi connectivity index (χ4v) is 1.30. The first-order valence-corrected chi connectivity index (χ1v) is 5.72. The van der Waals surface area contributed by atoms with Gasteiger partial charge in [0.05, 0.1) is 5.69 Å². The van der Waals surface area contributed by atoms with Crippen molar-refractivity contribution >= 4 is 35.8 Å². The van der Waals surface area contributed by atoms with E-state index in [-0.39, 0.29) is 10.8 Å². The molecule has 0 aliphatic carbocycles. The summed E-state index contributed by atoms with van der Waals surface area (Å²) in [5, 5.41) is 1.89. The summed E-state index contributed by atoms with van der Waals surface area (Å²) >= 11 is 5.62. The largest absolute Gasteiger partial charge is 0.511 e. The minimum atomic E-state index is -5.21. The van der Waals surface area contributed by atoms with Crippen LogP contribution in [-0.2, 0) is 4.74 Å². The molecule has 0 aliphatic rings. The van der Waals surface area contributed by atoms with Crippen LogP contribution in [0.25, 0.3) is 0 Å². The van der Waals surface area contributed by atoms with Gasteiger partial charge in [-0.15, -0.1) is 0 Å². The lowest BCUT2D eigenvalue weighted by atomic mass is 9.81. The number of halogens is 4. The minimum Gasteiger partial charge on any atom is -0.445 e. The Morgan fingerprint density at radius 2 is 2.00 bits per heavy atom. The van der Waals surface area contributed by atoms with Crippen LogP contribution >= 0.6 is 11.6 Å². The van der Waals surface area contributed by atoms with Gasteiger partial charge in [0.1, 0.15) is 5.60 Å². The average Bonchev–Trinajstić information content (AvgIpc) is 2.16. The maximum Gasteiger partial charge on any atom is 0.511 e. The lowest BCUT2D eigenvalue weighted by molar-refractivity contribution is 0.0636. The van der Waals surface area contributed by atoms with Gasteiger partial charge in [-0.25, -0.2) is 9.78 Å². The number of amides is 1. The van der Waals surface area contributed by atoms with E-state index in [1.54, 1.807) is 20.8 Å². The number of rotatable bonds is 2. The molecule has 1 amide bonds. The fraction of sp³-hybridized carbons (Fsp3) is 0.400. The van der Waals surface area contributed by atoms with Crippen LogP contribution in [0.4, 0.5) is 23.4 Å². The van der Waals surface area contributed by atoms with Gasteiger partial charge in [-0.2, -0.15) is 0 Å². The second-order valence-corrected chi connectivity index (χ2v) is 5.17. The molecular weight excluding hydrogens is 283 g/mol. The van der Waals surface area contributed by atoms with E-state index < -0.39 is 24.1 Å². The zero-order chi connectivity index (χ0) is 14.8. The molecule has 1 rings (SSSR count). The molecule has 0 fully saturated rings. The molecule has 0 radical (unpaired) electrons. The summed E-state index contributed by atoms with van der Waals surface area (Å²) in [4.78, 5) is 14.8. The summed E-state index contributed by atoms with van der Waals surface area (Å²) in [6, 6.07) is 0.721. The van der Waals surface area contributed by atoms with Crippen LogP contribution in [0.15, 0.2) is 12.3 Å². The lowest BCUT2D eigenvalue weighted by Crippen LogP contribution is -2.35. The minimum absolute atomic E-state index is 0.241. The molecule has 1 aromatic rings. The molecule has 0 atom stereocenters. The van der Waals surface area contributed by atoms with E-state index >= 15 is 0 Å². The van der Waals surface area contributed by atoms with Gasteiger partial charge < -0.3 is 17.7 Å². The maximum atomic E-state index is 12.5. The van der Waals surface area contributed by atoms with E-state index in [1.807, 2.05) is 0 Å². The van der Waals surface area contributed by atoms with Gasteiger partial charge in [0, 0.05) is 6.20 Å². The zero-order valence-corrected chi connectivity index (χ0v) is 11.3. The number of ether oxygens (including phenoxy) is 1. The number of hydrogen-bond donors (Lipinski definition) is 1. The number of nitrogens with zero attached hydrogens (tertiary/aromatic N) is 1. The summed E-state index contributed by atoms with van der Waals surface area (Å²) < 4.78 is 42.5. The molecule has 0 saturated carbocycles. The number of hydrogen-bond acceptors (Lipinski definition) is 3. The lowest BCUT2D eigenvalue weighted by Gasteiger charge is -2.21. The molecule has 1 heterocycles. The zero-order valence-electron chi connectivity index (χ0n) is 10.5. The van der Waals surface area contributed by atoms with Gasteiger partial charge in [-0.05, 0) is 20.8 Å². The fourth-order valence-electron chi connectivity index (χ4n) is 1.14. The van der Waals surface area contributed by atoms with E-state index in [0.717, 1.165) is 6.07 Å². The van der Waals surface area contributed by atoms with Crippen molar-refractivity contribution in [2.24, 2.45) is 0 Å². The predicted molar refractivity (Wildman–Crippen MR) is 67.8 cm³/mol. The number of carbonyl (C=O) groups is 1. The van der Waals surface area contributed by atoms with Crippen molar-refractivity contribution in [3.8, 4) is 0 Å². The van der Waals surface area contributed by atoms with E-state index in [0.29, 0.717) is 6.20 Å². The van der Waals surface area contributed by atoms with Crippen LogP contribution in [-0.4, -0.2) is 23.7 Å². The third-order valence-electron chi connectivity index (χ3n) is 1.87. The number of pyridine rings is 1. The molecular formula is C10H12BClF3N2O2-. The van der Waals surface area contributed by atoms with Crippen LogP contribution < -0.4 is 10.8 Å². The Bertz CT molecular complexity index is 489. The van der Waals surface area contributed by atoms with E-state index in [1.165, 1.54) is 0 Å². The summed E-state index contributed by atoms with van der Waals surface area (Å²) in [6.45, 7) is -0.332. The highest BCUT2D eigenvalue weighted by atomic mass is 35.5. The summed E-state index contributed by atoms with van der Waals surface area (Å²) in [5.41, 5.74) is -1.96. The SMILES string of the molecule is CC(C)(C)OC(=O)Nc1cc([B-](F)(F)F)cnc1Cl. The molecule has 0 spiro atoms. The molecule has 19 heavy (non-hydrogen) atoms. The van der Waals surface area contributed by atoms with Crippen molar-refractivity contribution in [1.82, 2.24) is 4.98 Å². The third kappa shape index (κ3) is 4.98. The molecule has 106 valence electrons. The quantitative estimate of drug-likeness (QED) is 0.673. The molecule has 0 bridgehead atoms. The van der Waals surface area contributed by atoms with Crippen LogP contribution in [0.2, 0.25) is 5.15 Å². The van der Waals surface area contributed by atoms with Gasteiger partial charge in [0.2, 0.25) is 0 Å². The van der Waals surface area contributed by atoms with Crippen LogP contribution in [0, 0.1) is 0 Å². The van der Waals surface area contributed by atoms with E-state index in [4.69, 9.17) is 16.3 Å². The molecule has 9 heteroatoms. The Hall–Kier alpha value is -1.44. The summed E-state index contributed by atoms with van der Waals surface area (Å²) in [5.74, 6) is 0. The summed E-state index contributed by atoms with van der Waals surface area (Å²) in [7, 11) is 0. The molecule has 0 aromatic carbocycles. The molecule has 1 aromatic heterocycles. The van der Waals surface area contributed by atoms with Crippen molar-refractivity contribution in [1.29, 1.82) is 0 Å². The first-order chi connectivity index (χ1) is 8.49. The average molecular weight is 295 g/mol. The highest BCUT2D eigenvalue weighted by molar-refractivity contribution is 6.73. The standard InChI is InChI=1S/C10H12BClF3N2O2/c1-10(2,3)19-9(18)17-7-4-6(11(13,14)15)5-16-8(7)12/h4-5H,1-3H3,(H,17,18)/q-1. The van der Waals surface area contributed by atoms with Crippen LogP contribution in [0.1, 0.15) is 20.8 Å². The highest BCUT2D eigenvalue weighted by Crippen LogP contribution is 2.20. The molecule has 0 unspecified atom stereocenters. The highest BCUT2D eigenvalue weighted by Gasteiger charge is 2.27. The van der Waals surface area contributed by atoms with Gasteiger partial charge in [-0.1, -0.05) is 23.1 Å². The number of anilines is 1. The predicted octanol–water partition coefficient (Wildman–Crippen LogP) is 3.14. The van der Waals surface area contributed by atoms with Gasteiger partial charge in [0.15, 0.2) is 5.15 Å². The Kier molecular flexibility index (Phi) is 4.34. The Morgan fingerprint density at radius 1 is 1.42 bits per heavy atom. The third-order valence-corrected chi connectivity index (χ3v) is 2.17.